The Kier molecular flexibility index (Phi) is 5.17. The molecule has 0 N–H and O–H groups in total. The molecule has 0 aliphatic carbocycles. The van der Waals surface area contributed by atoms with Gasteiger partial charge in [-0.2, -0.15) is 0 Å². The van der Waals surface area contributed by atoms with Gasteiger partial charge in [-0.1, -0.05) is 29.3 Å². The predicted molar refractivity (Wildman–Crippen MR) is 83.6 cm³/mol. The van der Waals surface area contributed by atoms with Crippen LogP contribution in [0, 0.1) is 0 Å². The van der Waals surface area contributed by atoms with Crippen molar-refractivity contribution in [2.24, 2.45) is 4.99 Å². The first-order chi connectivity index (χ1) is 9.61. The number of benzene rings is 1. The number of aliphatic imine (C=N–C) groups is 1. The molecule has 0 aliphatic rings. The van der Waals surface area contributed by atoms with Crippen molar-refractivity contribution in [3.8, 4) is 0 Å². The fourth-order valence-corrected chi connectivity index (χ4v) is 2.49. The minimum atomic E-state index is -0.457. The van der Waals surface area contributed by atoms with E-state index >= 15 is 0 Å². The van der Waals surface area contributed by atoms with Crippen molar-refractivity contribution in [3.63, 3.8) is 0 Å². The number of carbonyl (C=O) groups excluding carboxylic acids is 1. The van der Waals surface area contributed by atoms with Gasteiger partial charge in [-0.3, -0.25) is 0 Å². The Balaban J connectivity index is 2.42. The molecule has 0 amide bonds. The summed E-state index contributed by atoms with van der Waals surface area (Å²) < 4.78 is 5.03. The highest BCUT2D eigenvalue weighted by molar-refractivity contribution is 7.13. The zero-order valence-corrected chi connectivity index (χ0v) is 12.9. The summed E-state index contributed by atoms with van der Waals surface area (Å²) in [5, 5.41) is 2.71. The van der Waals surface area contributed by atoms with E-state index in [1.165, 1.54) is 11.3 Å². The molecule has 1 aromatic carbocycles. The van der Waals surface area contributed by atoms with Crippen LogP contribution in [0.15, 0.2) is 40.7 Å². The van der Waals surface area contributed by atoms with Crippen molar-refractivity contribution in [1.82, 2.24) is 0 Å². The lowest BCUT2D eigenvalue weighted by Crippen LogP contribution is -2.17. The summed E-state index contributed by atoms with van der Waals surface area (Å²) in [6, 6.07) is 8.61. The summed E-state index contributed by atoms with van der Waals surface area (Å²) in [6.45, 7) is 2.05. The number of ether oxygens (including phenoxy) is 1. The predicted octanol–water partition coefficient (Wildman–Crippen LogP) is 4.74. The highest BCUT2D eigenvalue weighted by Gasteiger charge is 2.16. The second kappa shape index (κ2) is 6.88. The quantitative estimate of drug-likeness (QED) is 0.601. The van der Waals surface area contributed by atoms with Gasteiger partial charge in [0.2, 0.25) is 0 Å². The number of esters is 1. The fraction of sp³-hybridized carbons (Fsp3) is 0.143. The first-order valence-corrected chi connectivity index (χ1v) is 7.50. The molecule has 2 rings (SSSR count). The van der Waals surface area contributed by atoms with Gasteiger partial charge in [0.15, 0.2) is 5.71 Å². The smallest absolute Gasteiger partial charge is 0.358 e. The van der Waals surface area contributed by atoms with Crippen molar-refractivity contribution in [2.45, 2.75) is 6.92 Å². The molecule has 0 saturated carbocycles. The van der Waals surface area contributed by atoms with Gasteiger partial charge < -0.3 is 4.74 Å². The summed E-state index contributed by atoms with van der Waals surface area (Å²) in [5.41, 5.74) is 0.816. The van der Waals surface area contributed by atoms with Gasteiger partial charge in [-0.15, -0.1) is 11.3 Å². The minimum absolute atomic E-state index is 0.264. The van der Waals surface area contributed by atoms with Crippen LogP contribution in [0.5, 0.6) is 0 Å². The Morgan fingerprint density at radius 1 is 1.30 bits per heavy atom. The van der Waals surface area contributed by atoms with Crippen LogP contribution in [0.3, 0.4) is 0 Å². The third-order valence-corrected chi connectivity index (χ3v) is 3.98. The molecule has 104 valence electrons. The van der Waals surface area contributed by atoms with Gasteiger partial charge >= 0.3 is 5.97 Å². The summed E-state index contributed by atoms with van der Waals surface area (Å²) >= 11 is 13.2. The Hall–Kier alpha value is -1.36. The number of halogens is 2. The zero-order valence-electron chi connectivity index (χ0n) is 10.6. The first kappa shape index (κ1) is 15.0. The molecule has 0 aliphatic heterocycles. The number of nitrogens with zero attached hydrogens (tertiary/aromatic N) is 1. The second-order valence-electron chi connectivity index (χ2n) is 3.76. The summed E-state index contributed by atoms with van der Waals surface area (Å²) in [5.74, 6) is -0.457. The summed E-state index contributed by atoms with van der Waals surface area (Å²) in [6.07, 6.45) is 0. The molecule has 0 bridgehead atoms. The second-order valence-corrected chi connectivity index (χ2v) is 5.52. The lowest BCUT2D eigenvalue weighted by molar-refractivity contribution is -0.134. The van der Waals surface area contributed by atoms with Crippen molar-refractivity contribution < 1.29 is 9.53 Å². The van der Waals surface area contributed by atoms with Crippen LogP contribution in [-0.4, -0.2) is 18.3 Å². The van der Waals surface area contributed by atoms with Crippen LogP contribution in [0.25, 0.3) is 0 Å². The van der Waals surface area contributed by atoms with Gasteiger partial charge in [0.25, 0.3) is 0 Å². The molecule has 0 unspecified atom stereocenters. The van der Waals surface area contributed by atoms with Gasteiger partial charge in [0.1, 0.15) is 0 Å². The van der Waals surface area contributed by atoms with E-state index in [0.717, 1.165) is 4.88 Å². The highest BCUT2D eigenvalue weighted by atomic mass is 35.5. The number of thiophene rings is 1. The number of carbonyl (C=O) groups is 1. The van der Waals surface area contributed by atoms with E-state index < -0.39 is 5.97 Å². The number of hydrogen-bond donors (Lipinski definition) is 0. The third kappa shape index (κ3) is 3.60. The molecule has 0 fully saturated rings. The summed E-state index contributed by atoms with van der Waals surface area (Å²) in [4.78, 5) is 17.1. The van der Waals surface area contributed by atoms with Gasteiger partial charge in [-0.05, 0) is 36.6 Å². The maximum absolute atomic E-state index is 12.0. The van der Waals surface area contributed by atoms with Crippen LogP contribution in [0.2, 0.25) is 10.0 Å². The van der Waals surface area contributed by atoms with E-state index in [1.54, 1.807) is 25.1 Å². The van der Waals surface area contributed by atoms with Crippen LogP contribution in [-0.2, 0) is 9.53 Å². The van der Waals surface area contributed by atoms with Crippen molar-refractivity contribution in [2.75, 3.05) is 6.61 Å². The van der Waals surface area contributed by atoms with Crippen molar-refractivity contribution in [1.29, 1.82) is 0 Å². The number of hydrogen-bond acceptors (Lipinski definition) is 4. The molecule has 0 saturated heterocycles. The third-order valence-electron chi connectivity index (χ3n) is 2.37. The highest BCUT2D eigenvalue weighted by Crippen LogP contribution is 2.27. The van der Waals surface area contributed by atoms with E-state index in [9.17, 15) is 4.79 Å². The molecule has 0 radical (unpaired) electrons. The molecule has 20 heavy (non-hydrogen) atoms. The summed E-state index contributed by atoms with van der Waals surface area (Å²) in [7, 11) is 0. The molecule has 0 spiro atoms. The average Bonchev–Trinajstić information content (AvgIpc) is 2.94. The SMILES string of the molecule is CCOC(=O)C(=Nc1ccc(Cl)c(Cl)c1)c1cccs1. The Labute approximate surface area is 130 Å². The molecule has 3 nitrogen and oxygen atoms in total. The van der Waals surface area contributed by atoms with E-state index in [-0.39, 0.29) is 5.71 Å². The minimum Gasteiger partial charge on any atom is -0.461 e. The van der Waals surface area contributed by atoms with E-state index in [0.29, 0.717) is 22.3 Å². The maximum Gasteiger partial charge on any atom is 0.358 e. The maximum atomic E-state index is 12.0. The Morgan fingerprint density at radius 3 is 2.70 bits per heavy atom. The van der Waals surface area contributed by atoms with E-state index in [1.807, 2.05) is 17.5 Å². The van der Waals surface area contributed by atoms with Crippen LogP contribution < -0.4 is 0 Å². The normalized spacial score (nSPS) is 11.4. The van der Waals surface area contributed by atoms with Crippen molar-refractivity contribution >= 4 is 51.9 Å². The average molecular weight is 328 g/mol. The van der Waals surface area contributed by atoms with Crippen molar-refractivity contribution in [3.05, 3.63) is 50.6 Å². The molecule has 2 aromatic rings. The standard InChI is InChI=1S/C14H11Cl2NO2S/c1-2-19-14(18)13(12-4-3-7-20-12)17-9-5-6-10(15)11(16)8-9/h3-8H,2H2,1H3. The van der Waals surface area contributed by atoms with Crippen LogP contribution in [0.1, 0.15) is 11.8 Å². The molecule has 1 aromatic heterocycles. The topological polar surface area (TPSA) is 38.7 Å². The lowest BCUT2D eigenvalue weighted by atomic mass is 10.2. The monoisotopic (exact) mass is 327 g/mol. The molecule has 1 heterocycles. The van der Waals surface area contributed by atoms with Gasteiger partial charge in [-0.25, -0.2) is 9.79 Å². The fourth-order valence-electron chi connectivity index (χ4n) is 1.50. The lowest BCUT2D eigenvalue weighted by Gasteiger charge is -2.05. The molecule has 6 heteroatoms. The number of rotatable bonds is 4. The molecule has 0 atom stereocenters. The molecular weight excluding hydrogens is 317 g/mol. The largest absolute Gasteiger partial charge is 0.461 e. The van der Waals surface area contributed by atoms with Crippen LogP contribution in [0.4, 0.5) is 5.69 Å². The van der Waals surface area contributed by atoms with E-state index in [2.05, 4.69) is 4.99 Å². The zero-order chi connectivity index (χ0) is 14.5. The Morgan fingerprint density at radius 2 is 2.10 bits per heavy atom. The van der Waals surface area contributed by atoms with E-state index in [4.69, 9.17) is 27.9 Å². The van der Waals surface area contributed by atoms with Gasteiger partial charge in [0, 0.05) is 0 Å². The Bertz CT molecular complexity index is 639. The van der Waals surface area contributed by atoms with Crippen LogP contribution >= 0.6 is 34.5 Å². The molecular formula is C14H11Cl2NO2S. The first-order valence-electron chi connectivity index (χ1n) is 5.86. The van der Waals surface area contributed by atoms with Gasteiger partial charge in [0.05, 0.1) is 27.2 Å².